The molecule has 2 fully saturated rings. The number of allylic oxidation sites excluding steroid dienone is 2. The number of methoxy groups -OCH3 is 10. The van der Waals surface area contributed by atoms with E-state index in [-0.39, 0.29) is 60.0 Å². The van der Waals surface area contributed by atoms with Crippen LogP contribution in [0.4, 0.5) is 0 Å². The number of hydrogen-bond acceptors (Lipinski definition) is 18. The molecule has 0 saturated carbocycles. The molecule has 4 atom stereocenters. The fourth-order valence-electron chi connectivity index (χ4n) is 12.2. The Hall–Kier alpha value is -7.12. The van der Waals surface area contributed by atoms with E-state index in [0.717, 1.165) is 83.8 Å². The van der Waals surface area contributed by atoms with Gasteiger partial charge < -0.3 is 66.3 Å². The van der Waals surface area contributed by atoms with Gasteiger partial charge in [0.25, 0.3) is 0 Å². The Morgan fingerprint density at radius 1 is 0.451 bits per heavy atom. The first kappa shape index (κ1) is 62.5. The van der Waals surface area contributed by atoms with Crippen molar-refractivity contribution < 1.29 is 85.5 Å². The van der Waals surface area contributed by atoms with Crippen molar-refractivity contribution in [2.75, 3.05) is 97.5 Å². The summed E-state index contributed by atoms with van der Waals surface area (Å²) >= 11 is 0. The number of ketones is 2. The van der Waals surface area contributed by atoms with Crippen molar-refractivity contribution in [3.05, 3.63) is 118 Å². The number of hydrogen-bond donors (Lipinski definition) is 0. The van der Waals surface area contributed by atoms with Crippen molar-refractivity contribution in [1.82, 2.24) is 0 Å². The molecule has 6 aliphatic rings. The van der Waals surface area contributed by atoms with E-state index in [1.165, 1.54) is 36.5 Å². The monoisotopic (exact) mass is 1140 g/mol. The number of rotatable bonds is 16. The maximum atomic E-state index is 12.1. The third-order valence-electron chi connectivity index (χ3n) is 16.3. The molecular formula is C64H80O18. The van der Waals surface area contributed by atoms with Crippen LogP contribution < -0.4 is 37.9 Å². The highest BCUT2D eigenvalue weighted by molar-refractivity contribution is 5.90. The number of carbonyl (C=O) groups is 4. The standard InChI is InChI=1S/2C17H22O4.2C15H18O5/c2*1-4-5-13-10-14-12(11-17(13)20-8-9-21-17)6-7-15(18-2)16(14)19-3;2*1-18-13-5-4-9-7-12(16)10(8-14(17)19-2)6-11(9)15(13)20-3/h2*4,6-7,13H,1,5,8-11H2,2-3H3;2*4-5,10H,6-8H2,1-3H3. The van der Waals surface area contributed by atoms with Crippen molar-refractivity contribution in [1.29, 1.82) is 0 Å². The van der Waals surface area contributed by atoms with Crippen LogP contribution in [0.25, 0.3) is 0 Å². The highest BCUT2D eigenvalue weighted by Crippen LogP contribution is 2.49. The van der Waals surface area contributed by atoms with Crippen LogP contribution >= 0.6 is 0 Å². The molecule has 0 bridgehead atoms. The third-order valence-corrected chi connectivity index (χ3v) is 16.3. The fraction of sp³-hybridized carbons (Fsp3) is 0.500. The molecule has 18 heteroatoms. The zero-order valence-electron chi connectivity index (χ0n) is 49.2. The molecule has 0 radical (unpaired) electrons. The van der Waals surface area contributed by atoms with Gasteiger partial charge in [-0.05, 0) is 85.0 Å². The van der Waals surface area contributed by atoms with Crippen molar-refractivity contribution in [3.63, 3.8) is 0 Å². The van der Waals surface area contributed by atoms with Gasteiger partial charge in [-0.25, -0.2) is 0 Å². The van der Waals surface area contributed by atoms with Gasteiger partial charge in [-0.2, -0.15) is 0 Å². The van der Waals surface area contributed by atoms with Crippen LogP contribution in [-0.2, 0) is 99.0 Å². The Labute approximate surface area is 481 Å². The van der Waals surface area contributed by atoms with Crippen LogP contribution in [0.5, 0.6) is 46.0 Å². The number of fused-ring (bicyclic) bond motifs is 4. The molecule has 444 valence electrons. The molecule has 10 rings (SSSR count). The Morgan fingerprint density at radius 2 is 0.744 bits per heavy atom. The van der Waals surface area contributed by atoms with E-state index in [0.29, 0.717) is 75.1 Å². The van der Waals surface area contributed by atoms with Crippen LogP contribution in [0, 0.1) is 23.7 Å². The summed E-state index contributed by atoms with van der Waals surface area (Å²) in [4.78, 5) is 46.9. The largest absolute Gasteiger partial charge is 0.493 e. The van der Waals surface area contributed by atoms with Gasteiger partial charge in [0.05, 0.1) is 110 Å². The van der Waals surface area contributed by atoms with E-state index in [1.54, 1.807) is 69.0 Å². The van der Waals surface area contributed by atoms with E-state index >= 15 is 0 Å². The Morgan fingerprint density at radius 3 is 1.01 bits per heavy atom. The van der Waals surface area contributed by atoms with Crippen LogP contribution in [0.15, 0.2) is 73.8 Å². The summed E-state index contributed by atoms with van der Waals surface area (Å²) in [6, 6.07) is 15.4. The maximum absolute atomic E-state index is 12.1. The number of esters is 2. The van der Waals surface area contributed by atoms with Gasteiger partial charge in [-0.15, -0.1) is 13.2 Å². The van der Waals surface area contributed by atoms with Gasteiger partial charge in [-0.1, -0.05) is 36.4 Å². The minimum atomic E-state index is -0.499. The second-order valence-corrected chi connectivity index (χ2v) is 20.6. The van der Waals surface area contributed by atoms with E-state index < -0.39 is 11.6 Å². The average molecular weight is 1140 g/mol. The van der Waals surface area contributed by atoms with Crippen LogP contribution in [0.3, 0.4) is 0 Å². The zero-order chi connectivity index (χ0) is 59.1. The molecule has 4 unspecified atom stereocenters. The lowest BCUT2D eigenvalue weighted by atomic mass is 9.77. The zero-order valence-corrected chi connectivity index (χ0v) is 49.2. The highest BCUT2D eigenvalue weighted by atomic mass is 16.7. The van der Waals surface area contributed by atoms with Gasteiger partial charge in [-0.3, -0.25) is 19.2 Å². The number of Topliss-reactive ketones (excluding diaryl/α,β-unsaturated/α-hetero) is 2. The predicted molar refractivity (Wildman–Crippen MR) is 304 cm³/mol. The normalized spacial score (nSPS) is 20.2. The first-order chi connectivity index (χ1) is 39.7. The molecular weight excluding hydrogens is 1060 g/mol. The smallest absolute Gasteiger partial charge is 0.306 e. The number of ether oxygens (including phenoxy) is 14. The summed E-state index contributed by atoms with van der Waals surface area (Å²) in [5, 5.41) is 0. The van der Waals surface area contributed by atoms with Crippen molar-refractivity contribution in [2.24, 2.45) is 23.7 Å². The summed E-state index contributed by atoms with van der Waals surface area (Å²) < 4.78 is 76.6. The van der Waals surface area contributed by atoms with Crippen LogP contribution in [-0.4, -0.2) is 133 Å². The topological polar surface area (TPSA) is 197 Å². The quantitative estimate of drug-likeness (QED) is 0.0763. The molecule has 0 aromatic heterocycles. The van der Waals surface area contributed by atoms with Gasteiger partial charge in [0.15, 0.2) is 57.6 Å². The molecule has 4 aromatic carbocycles. The van der Waals surface area contributed by atoms with Gasteiger partial charge in [0.2, 0.25) is 0 Å². The number of carbonyl (C=O) groups excluding carboxylic acids is 4. The molecule has 0 N–H and O–H groups in total. The second-order valence-electron chi connectivity index (χ2n) is 20.6. The van der Waals surface area contributed by atoms with Gasteiger partial charge >= 0.3 is 11.9 Å². The Kier molecular flexibility index (Phi) is 21.9. The van der Waals surface area contributed by atoms with Crippen molar-refractivity contribution in [3.8, 4) is 46.0 Å². The predicted octanol–water partition coefficient (Wildman–Crippen LogP) is 8.58. The molecule has 4 aliphatic carbocycles. The first-order valence-corrected chi connectivity index (χ1v) is 27.6. The molecule has 2 spiro atoms. The molecule has 0 amide bonds. The molecule has 18 nitrogen and oxygen atoms in total. The maximum Gasteiger partial charge on any atom is 0.306 e. The average Bonchev–Trinajstić information content (AvgIpc) is 4.13. The molecule has 4 aromatic rings. The number of benzene rings is 4. The first-order valence-electron chi connectivity index (χ1n) is 27.6. The lowest BCUT2D eigenvalue weighted by Gasteiger charge is -2.40. The summed E-state index contributed by atoms with van der Waals surface area (Å²) in [5.74, 6) is 3.98. The lowest BCUT2D eigenvalue weighted by molar-refractivity contribution is -0.198. The van der Waals surface area contributed by atoms with E-state index in [2.05, 4.69) is 34.8 Å². The van der Waals surface area contributed by atoms with Crippen molar-refractivity contribution in [2.45, 2.75) is 88.6 Å². The summed E-state index contributed by atoms with van der Waals surface area (Å²) in [6.07, 6.45) is 10.6. The second kappa shape index (κ2) is 28.7. The Balaban J connectivity index is 0.000000157. The fourth-order valence-corrected chi connectivity index (χ4v) is 12.2. The van der Waals surface area contributed by atoms with Crippen molar-refractivity contribution >= 4 is 23.5 Å². The lowest BCUT2D eigenvalue weighted by Crippen LogP contribution is -2.45. The van der Waals surface area contributed by atoms with E-state index in [9.17, 15) is 19.2 Å². The summed E-state index contributed by atoms with van der Waals surface area (Å²) in [5.41, 5.74) is 8.61. The summed E-state index contributed by atoms with van der Waals surface area (Å²) in [7, 11) is 15.7. The van der Waals surface area contributed by atoms with Crippen LogP contribution in [0.2, 0.25) is 0 Å². The molecule has 2 heterocycles. The van der Waals surface area contributed by atoms with Crippen LogP contribution in [0.1, 0.15) is 70.2 Å². The highest BCUT2D eigenvalue weighted by Gasteiger charge is 2.49. The molecule has 2 saturated heterocycles. The van der Waals surface area contributed by atoms with E-state index in [4.69, 9.17) is 56.8 Å². The minimum absolute atomic E-state index is 0.0649. The van der Waals surface area contributed by atoms with E-state index in [1.807, 2.05) is 36.4 Å². The molecule has 82 heavy (non-hydrogen) atoms. The SMILES string of the molecule is C=CCC1Cc2c(ccc(OC)c2OC)CC12OCCO2.C=CCC1Cc2c(ccc(OC)c2OC)CC12OCCO2.COC(=O)CC1Cc2c(ccc(OC)c2OC)CC1=O.COC(=O)CC1Cc2c(ccc(OC)c2OC)CC1=O. The Bertz CT molecular complexity index is 2720. The molecule has 2 aliphatic heterocycles. The third kappa shape index (κ3) is 13.5. The van der Waals surface area contributed by atoms with Gasteiger partial charge in [0.1, 0.15) is 11.6 Å². The minimum Gasteiger partial charge on any atom is -0.493 e. The summed E-state index contributed by atoms with van der Waals surface area (Å²) in [6.45, 7) is 10.4. The van der Waals surface area contributed by atoms with Gasteiger partial charge in [0, 0.05) is 71.6 Å².